The Kier molecular flexibility index (Phi) is 3.93. The summed E-state index contributed by atoms with van der Waals surface area (Å²) >= 11 is 0. The van der Waals surface area contributed by atoms with Crippen molar-refractivity contribution in [2.45, 2.75) is 38.8 Å². The number of likely N-dealkylation sites (tertiary alicyclic amines) is 1. The lowest BCUT2D eigenvalue weighted by atomic mass is 9.83. The molecule has 144 valence electrons. The second kappa shape index (κ2) is 6.36. The summed E-state index contributed by atoms with van der Waals surface area (Å²) in [6, 6.07) is 14.0. The molecule has 1 aromatic carbocycles. The molecule has 2 aromatic heterocycles. The quantitative estimate of drug-likeness (QED) is 0.686. The minimum atomic E-state index is 0.0758. The summed E-state index contributed by atoms with van der Waals surface area (Å²) in [4.78, 5) is 27.5. The van der Waals surface area contributed by atoms with E-state index in [1.54, 1.807) is 6.07 Å². The van der Waals surface area contributed by atoms with E-state index >= 15 is 0 Å². The minimum Gasteiger partial charge on any atom is -0.345 e. The first kappa shape index (κ1) is 17.3. The van der Waals surface area contributed by atoms with Gasteiger partial charge in [-0.05, 0) is 55.8 Å². The van der Waals surface area contributed by atoms with Crippen molar-refractivity contribution in [1.82, 2.24) is 14.0 Å². The van der Waals surface area contributed by atoms with Gasteiger partial charge in [-0.25, -0.2) is 0 Å². The lowest BCUT2D eigenvalue weighted by Gasteiger charge is -2.42. The highest BCUT2D eigenvalue weighted by atomic mass is 16.2. The van der Waals surface area contributed by atoms with Crippen LogP contribution in [0.15, 0.2) is 53.5 Å². The van der Waals surface area contributed by atoms with Gasteiger partial charge >= 0.3 is 0 Å². The molecule has 0 unspecified atom stereocenters. The van der Waals surface area contributed by atoms with Crippen molar-refractivity contribution in [3.05, 3.63) is 70.3 Å². The van der Waals surface area contributed by atoms with E-state index in [4.69, 9.17) is 0 Å². The van der Waals surface area contributed by atoms with Crippen molar-refractivity contribution in [2.24, 2.45) is 5.92 Å². The first-order valence-electron chi connectivity index (χ1n) is 10.1. The monoisotopic (exact) mass is 375 g/mol. The minimum absolute atomic E-state index is 0.0758. The van der Waals surface area contributed by atoms with E-state index < -0.39 is 0 Å². The van der Waals surface area contributed by atoms with Gasteiger partial charge in [0.2, 0.25) is 0 Å². The lowest BCUT2D eigenvalue weighted by Crippen LogP contribution is -2.49. The maximum Gasteiger partial charge on any atom is 0.253 e. The molecule has 0 aliphatic carbocycles. The summed E-state index contributed by atoms with van der Waals surface area (Å²) in [5.41, 5.74) is 3.01. The number of amides is 1. The zero-order valence-electron chi connectivity index (χ0n) is 16.3. The van der Waals surface area contributed by atoms with Crippen LogP contribution < -0.4 is 5.56 Å². The summed E-state index contributed by atoms with van der Waals surface area (Å²) in [6.45, 7) is 6.42. The van der Waals surface area contributed by atoms with Crippen molar-refractivity contribution in [3.63, 3.8) is 0 Å². The molecule has 2 aliphatic heterocycles. The van der Waals surface area contributed by atoms with Crippen LogP contribution in [-0.2, 0) is 6.54 Å². The molecule has 2 atom stereocenters. The molecule has 2 aliphatic rings. The van der Waals surface area contributed by atoms with Crippen molar-refractivity contribution in [3.8, 4) is 0 Å². The molecule has 5 nitrogen and oxygen atoms in total. The highest BCUT2D eigenvalue weighted by Crippen LogP contribution is 2.35. The number of pyridine rings is 1. The second-order valence-electron chi connectivity index (χ2n) is 8.50. The smallest absolute Gasteiger partial charge is 0.253 e. The number of hydrogen-bond donors (Lipinski definition) is 0. The number of nitrogens with zero attached hydrogens (tertiary/aromatic N) is 3. The van der Waals surface area contributed by atoms with Crippen LogP contribution in [0.2, 0.25) is 0 Å². The average molecular weight is 375 g/mol. The van der Waals surface area contributed by atoms with E-state index in [9.17, 15) is 9.59 Å². The summed E-state index contributed by atoms with van der Waals surface area (Å²) in [7, 11) is 0. The molecule has 2 bridgehead atoms. The van der Waals surface area contributed by atoms with Gasteiger partial charge in [0.05, 0.1) is 0 Å². The third-order valence-corrected chi connectivity index (χ3v) is 6.29. The topological polar surface area (TPSA) is 47.2 Å². The molecule has 0 spiro atoms. The number of rotatable bonds is 2. The van der Waals surface area contributed by atoms with Crippen molar-refractivity contribution in [1.29, 1.82) is 0 Å². The van der Waals surface area contributed by atoms with Crippen LogP contribution in [0, 0.1) is 5.92 Å². The van der Waals surface area contributed by atoms with E-state index in [2.05, 4.69) is 30.7 Å². The Morgan fingerprint density at radius 2 is 1.93 bits per heavy atom. The average Bonchev–Trinajstić information content (AvgIpc) is 3.11. The van der Waals surface area contributed by atoms with Crippen LogP contribution in [0.25, 0.3) is 10.9 Å². The molecule has 5 rings (SSSR count). The fraction of sp³-hybridized carbons (Fsp3) is 0.391. The highest BCUT2D eigenvalue weighted by Gasteiger charge is 2.36. The van der Waals surface area contributed by atoms with E-state index in [-0.39, 0.29) is 17.4 Å². The first-order valence-corrected chi connectivity index (χ1v) is 10.1. The van der Waals surface area contributed by atoms with Crippen LogP contribution in [-0.4, -0.2) is 33.0 Å². The van der Waals surface area contributed by atoms with Gasteiger partial charge in [0, 0.05) is 60.6 Å². The standard InChI is InChI=1S/C23H25N3O2/c1-15(2)25-9-8-17-6-7-18(11-21(17)25)23(28)24-12-16-10-19(14-24)20-4-3-5-22(27)26(20)13-16/h3-9,11,15-16,19H,10,12-14H2,1-2H3/t16-,19+/m0/s1. The molecule has 5 heteroatoms. The van der Waals surface area contributed by atoms with Crippen LogP contribution in [0.3, 0.4) is 0 Å². The largest absolute Gasteiger partial charge is 0.345 e. The molecule has 1 amide bonds. The van der Waals surface area contributed by atoms with Crippen molar-refractivity contribution >= 4 is 16.8 Å². The molecule has 0 saturated carbocycles. The molecule has 0 N–H and O–H groups in total. The van der Waals surface area contributed by atoms with E-state index in [1.165, 1.54) is 0 Å². The summed E-state index contributed by atoms with van der Waals surface area (Å²) in [6.07, 6.45) is 3.14. The fourth-order valence-electron chi connectivity index (χ4n) is 4.98. The number of carbonyl (C=O) groups excluding carboxylic acids is 1. The van der Waals surface area contributed by atoms with Gasteiger partial charge in [-0.2, -0.15) is 0 Å². The third-order valence-electron chi connectivity index (χ3n) is 6.29. The zero-order chi connectivity index (χ0) is 19.4. The van der Waals surface area contributed by atoms with Gasteiger partial charge in [0.15, 0.2) is 0 Å². The second-order valence-corrected chi connectivity index (χ2v) is 8.50. The molecule has 3 aromatic rings. The number of piperidine rings is 1. The molecular formula is C23H25N3O2. The Morgan fingerprint density at radius 3 is 2.75 bits per heavy atom. The maximum absolute atomic E-state index is 13.3. The van der Waals surface area contributed by atoms with Gasteiger partial charge in [-0.15, -0.1) is 0 Å². The molecule has 28 heavy (non-hydrogen) atoms. The SMILES string of the molecule is CC(C)n1ccc2ccc(C(=O)N3C[C@@H]4C[C@H](C3)c3cccc(=O)n3C4)cc21. The Hall–Kier alpha value is -2.82. The number of carbonyl (C=O) groups is 1. The van der Waals surface area contributed by atoms with Gasteiger partial charge in [0.1, 0.15) is 0 Å². The summed E-state index contributed by atoms with van der Waals surface area (Å²) < 4.78 is 4.11. The fourth-order valence-corrected chi connectivity index (χ4v) is 4.98. The summed E-state index contributed by atoms with van der Waals surface area (Å²) in [5.74, 6) is 0.687. The Morgan fingerprint density at radius 1 is 1.07 bits per heavy atom. The summed E-state index contributed by atoms with van der Waals surface area (Å²) in [5, 5.41) is 1.16. The van der Waals surface area contributed by atoms with Crippen LogP contribution in [0.4, 0.5) is 0 Å². The van der Waals surface area contributed by atoms with Crippen molar-refractivity contribution < 1.29 is 4.79 Å². The predicted molar refractivity (Wildman–Crippen MR) is 110 cm³/mol. The lowest BCUT2D eigenvalue weighted by molar-refractivity contribution is 0.0594. The third kappa shape index (κ3) is 2.68. The van der Waals surface area contributed by atoms with E-state index in [1.807, 2.05) is 39.8 Å². The predicted octanol–water partition coefficient (Wildman–Crippen LogP) is 3.64. The van der Waals surface area contributed by atoms with Gasteiger partial charge < -0.3 is 14.0 Å². The molecule has 4 heterocycles. The van der Waals surface area contributed by atoms with Gasteiger partial charge in [-0.1, -0.05) is 12.1 Å². The number of benzene rings is 1. The van der Waals surface area contributed by atoms with Crippen LogP contribution in [0.5, 0.6) is 0 Å². The molecule has 1 saturated heterocycles. The molecular weight excluding hydrogens is 350 g/mol. The number of fused-ring (bicyclic) bond motifs is 5. The maximum atomic E-state index is 13.3. The number of hydrogen-bond acceptors (Lipinski definition) is 2. The van der Waals surface area contributed by atoms with Gasteiger partial charge in [-0.3, -0.25) is 9.59 Å². The van der Waals surface area contributed by atoms with Gasteiger partial charge in [0.25, 0.3) is 11.5 Å². The normalized spacial score (nSPS) is 21.2. The number of aromatic nitrogens is 2. The van der Waals surface area contributed by atoms with E-state index in [0.29, 0.717) is 25.0 Å². The highest BCUT2D eigenvalue weighted by molar-refractivity contribution is 5.98. The first-order chi connectivity index (χ1) is 13.5. The molecule has 0 radical (unpaired) electrons. The van der Waals surface area contributed by atoms with E-state index in [0.717, 1.165) is 35.1 Å². The van der Waals surface area contributed by atoms with Crippen LogP contribution >= 0.6 is 0 Å². The Labute approximate surface area is 164 Å². The zero-order valence-corrected chi connectivity index (χ0v) is 16.3. The Bertz CT molecular complexity index is 1120. The van der Waals surface area contributed by atoms with Crippen molar-refractivity contribution in [2.75, 3.05) is 13.1 Å². The van der Waals surface area contributed by atoms with Crippen LogP contribution in [0.1, 0.15) is 48.3 Å². The molecule has 1 fully saturated rings. The Balaban J connectivity index is 1.46.